The summed E-state index contributed by atoms with van der Waals surface area (Å²) >= 11 is 0. The molecule has 0 radical (unpaired) electrons. The number of hydrogen-bond donors (Lipinski definition) is 1. The molecule has 0 bridgehead atoms. The lowest BCUT2D eigenvalue weighted by Gasteiger charge is -2.22. The smallest absolute Gasteiger partial charge is 0.119 e. The molecule has 106 valence electrons. The fourth-order valence-corrected chi connectivity index (χ4v) is 2.63. The van der Waals surface area contributed by atoms with Crippen LogP contribution in [0.4, 0.5) is 0 Å². The Balaban J connectivity index is 1.65. The molecule has 1 N–H and O–H groups in total. The lowest BCUT2D eigenvalue weighted by atomic mass is 9.96. The van der Waals surface area contributed by atoms with E-state index in [9.17, 15) is 0 Å². The molecule has 1 aromatic rings. The van der Waals surface area contributed by atoms with Crippen LogP contribution in [0.3, 0.4) is 0 Å². The summed E-state index contributed by atoms with van der Waals surface area (Å²) in [5.74, 6) is 0.931. The van der Waals surface area contributed by atoms with Gasteiger partial charge in [0, 0.05) is 19.7 Å². The van der Waals surface area contributed by atoms with Gasteiger partial charge < -0.3 is 14.8 Å². The molecule has 1 saturated carbocycles. The van der Waals surface area contributed by atoms with Crippen LogP contribution in [0.25, 0.3) is 0 Å². The van der Waals surface area contributed by atoms with Gasteiger partial charge in [-0.15, -0.1) is 0 Å². The lowest BCUT2D eigenvalue weighted by Crippen LogP contribution is -2.34. The molecule has 1 aliphatic carbocycles. The Labute approximate surface area is 116 Å². The molecule has 19 heavy (non-hydrogen) atoms. The molecule has 0 aromatic heterocycles. The Kier molecular flexibility index (Phi) is 6.18. The Morgan fingerprint density at radius 1 is 1.21 bits per heavy atom. The predicted molar refractivity (Wildman–Crippen MR) is 77.5 cm³/mol. The third-order valence-corrected chi connectivity index (χ3v) is 3.62. The number of benzene rings is 1. The molecule has 2 rings (SSSR count). The minimum atomic E-state index is 0.636. The standard InChI is InChI=1S/C16H25NO2/c1-18-13-14-6-5-9-16(12-14)19-11-10-17-15-7-3-2-4-8-15/h5-6,9,12,15,17H,2-4,7-8,10-11,13H2,1H3. The van der Waals surface area contributed by atoms with Gasteiger partial charge in [0.1, 0.15) is 12.4 Å². The molecule has 0 atom stereocenters. The van der Waals surface area contributed by atoms with E-state index in [1.165, 1.54) is 32.1 Å². The van der Waals surface area contributed by atoms with Crippen molar-refractivity contribution < 1.29 is 9.47 Å². The van der Waals surface area contributed by atoms with Crippen molar-refractivity contribution in [2.24, 2.45) is 0 Å². The van der Waals surface area contributed by atoms with Crippen molar-refractivity contribution in [1.29, 1.82) is 0 Å². The zero-order valence-corrected chi connectivity index (χ0v) is 11.9. The van der Waals surface area contributed by atoms with E-state index in [2.05, 4.69) is 11.4 Å². The van der Waals surface area contributed by atoms with E-state index in [0.717, 1.165) is 24.5 Å². The quantitative estimate of drug-likeness (QED) is 0.767. The number of rotatable bonds is 7. The Morgan fingerprint density at radius 2 is 2.05 bits per heavy atom. The van der Waals surface area contributed by atoms with Crippen molar-refractivity contribution in [2.45, 2.75) is 44.8 Å². The van der Waals surface area contributed by atoms with E-state index < -0.39 is 0 Å². The predicted octanol–water partition coefficient (Wildman–Crippen LogP) is 3.13. The van der Waals surface area contributed by atoms with Crippen LogP contribution in [0.15, 0.2) is 24.3 Å². The molecule has 3 heteroatoms. The SMILES string of the molecule is COCc1cccc(OCCNC2CCCCC2)c1. The first kappa shape index (κ1) is 14.4. The minimum absolute atomic E-state index is 0.636. The van der Waals surface area contributed by atoms with Crippen LogP contribution in [0.2, 0.25) is 0 Å². The van der Waals surface area contributed by atoms with Crippen molar-refractivity contribution in [2.75, 3.05) is 20.3 Å². The maximum atomic E-state index is 5.77. The molecule has 0 spiro atoms. The number of ether oxygens (including phenoxy) is 2. The van der Waals surface area contributed by atoms with E-state index in [1.54, 1.807) is 7.11 Å². The fourth-order valence-electron chi connectivity index (χ4n) is 2.63. The first-order chi connectivity index (χ1) is 9.38. The maximum absolute atomic E-state index is 5.77. The Hall–Kier alpha value is -1.06. The van der Waals surface area contributed by atoms with E-state index >= 15 is 0 Å². The summed E-state index contributed by atoms with van der Waals surface area (Å²) in [5, 5.41) is 3.58. The zero-order valence-electron chi connectivity index (χ0n) is 11.9. The first-order valence-corrected chi connectivity index (χ1v) is 7.32. The highest BCUT2D eigenvalue weighted by atomic mass is 16.5. The fraction of sp³-hybridized carbons (Fsp3) is 0.625. The second kappa shape index (κ2) is 8.18. The summed E-state index contributed by atoms with van der Waals surface area (Å²) in [6.45, 7) is 2.30. The van der Waals surface area contributed by atoms with E-state index in [1.807, 2.05) is 18.2 Å². The second-order valence-electron chi connectivity index (χ2n) is 5.22. The van der Waals surface area contributed by atoms with E-state index in [0.29, 0.717) is 12.6 Å². The average Bonchev–Trinajstić information content (AvgIpc) is 2.46. The highest BCUT2D eigenvalue weighted by molar-refractivity contribution is 5.28. The van der Waals surface area contributed by atoms with Crippen molar-refractivity contribution >= 4 is 0 Å². The van der Waals surface area contributed by atoms with E-state index in [4.69, 9.17) is 9.47 Å². The van der Waals surface area contributed by atoms with Gasteiger partial charge in [-0.05, 0) is 30.5 Å². The van der Waals surface area contributed by atoms with Crippen LogP contribution >= 0.6 is 0 Å². The topological polar surface area (TPSA) is 30.5 Å². The van der Waals surface area contributed by atoms with E-state index in [-0.39, 0.29) is 0 Å². The van der Waals surface area contributed by atoms with Crippen molar-refractivity contribution in [3.8, 4) is 5.75 Å². The minimum Gasteiger partial charge on any atom is -0.492 e. The first-order valence-electron chi connectivity index (χ1n) is 7.32. The van der Waals surface area contributed by atoms with Crippen molar-refractivity contribution in [1.82, 2.24) is 5.32 Å². The third-order valence-electron chi connectivity index (χ3n) is 3.62. The van der Waals surface area contributed by atoms with Crippen molar-refractivity contribution in [3.05, 3.63) is 29.8 Å². The van der Waals surface area contributed by atoms with Crippen LogP contribution < -0.4 is 10.1 Å². The molecule has 0 unspecified atom stereocenters. The monoisotopic (exact) mass is 263 g/mol. The van der Waals surface area contributed by atoms with Crippen LogP contribution in [0.5, 0.6) is 5.75 Å². The van der Waals surface area contributed by atoms with Gasteiger partial charge in [0.2, 0.25) is 0 Å². The molecule has 1 aliphatic rings. The van der Waals surface area contributed by atoms with Gasteiger partial charge in [-0.25, -0.2) is 0 Å². The van der Waals surface area contributed by atoms with Crippen molar-refractivity contribution in [3.63, 3.8) is 0 Å². The lowest BCUT2D eigenvalue weighted by molar-refractivity contribution is 0.184. The normalized spacial score (nSPS) is 16.5. The van der Waals surface area contributed by atoms with Gasteiger partial charge in [-0.3, -0.25) is 0 Å². The molecular formula is C16H25NO2. The molecule has 0 saturated heterocycles. The number of hydrogen-bond acceptors (Lipinski definition) is 3. The van der Waals surface area contributed by atoms with Crippen LogP contribution in [-0.2, 0) is 11.3 Å². The van der Waals surface area contributed by atoms with Gasteiger partial charge >= 0.3 is 0 Å². The number of nitrogens with one attached hydrogen (secondary N) is 1. The highest BCUT2D eigenvalue weighted by Gasteiger charge is 2.11. The third kappa shape index (κ3) is 5.21. The maximum Gasteiger partial charge on any atom is 0.119 e. The summed E-state index contributed by atoms with van der Waals surface area (Å²) in [5.41, 5.74) is 1.15. The zero-order chi connectivity index (χ0) is 13.3. The average molecular weight is 263 g/mol. The largest absolute Gasteiger partial charge is 0.492 e. The Morgan fingerprint density at radius 3 is 2.84 bits per heavy atom. The second-order valence-corrected chi connectivity index (χ2v) is 5.22. The molecule has 0 amide bonds. The van der Waals surface area contributed by atoms with Crippen LogP contribution in [0.1, 0.15) is 37.7 Å². The van der Waals surface area contributed by atoms with Gasteiger partial charge in [-0.2, -0.15) is 0 Å². The van der Waals surface area contributed by atoms with Gasteiger partial charge in [0.05, 0.1) is 6.61 Å². The summed E-state index contributed by atoms with van der Waals surface area (Å²) in [4.78, 5) is 0. The molecule has 0 heterocycles. The van der Waals surface area contributed by atoms with Crippen LogP contribution in [-0.4, -0.2) is 26.3 Å². The van der Waals surface area contributed by atoms with Gasteiger partial charge in [0.25, 0.3) is 0 Å². The Bertz CT molecular complexity index is 362. The highest BCUT2D eigenvalue weighted by Crippen LogP contribution is 2.17. The molecule has 3 nitrogen and oxygen atoms in total. The number of methoxy groups -OCH3 is 1. The summed E-state index contributed by atoms with van der Waals surface area (Å²) in [6.07, 6.45) is 6.79. The molecule has 0 aliphatic heterocycles. The summed E-state index contributed by atoms with van der Waals surface area (Å²) in [6, 6.07) is 8.82. The van der Waals surface area contributed by atoms with Crippen LogP contribution in [0, 0.1) is 0 Å². The molecule has 1 fully saturated rings. The summed E-state index contributed by atoms with van der Waals surface area (Å²) < 4.78 is 10.9. The molecular weight excluding hydrogens is 238 g/mol. The van der Waals surface area contributed by atoms with Gasteiger partial charge in [0.15, 0.2) is 0 Å². The molecule has 1 aromatic carbocycles. The van der Waals surface area contributed by atoms with Gasteiger partial charge in [-0.1, -0.05) is 31.4 Å². The summed E-state index contributed by atoms with van der Waals surface area (Å²) in [7, 11) is 1.71.